The van der Waals surface area contributed by atoms with Gasteiger partial charge in [0.1, 0.15) is 5.92 Å². The summed E-state index contributed by atoms with van der Waals surface area (Å²) in [6.07, 6.45) is -2.62. The minimum absolute atomic E-state index is 0.132. The number of anilines is 2. The number of alkyl halides is 3. The molecule has 0 bridgehead atoms. The van der Waals surface area contributed by atoms with Gasteiger partial charge in [0.15, 0.2) is 6.10 Å². The third-order valence-electron chi connectivity index (χ3n) is 5.61. The van der Waals surface area contributed by atoms with Crippen LogP contribution in [0.1, 0.15) is 17.2 Å². The Morgan fingerprint density at radius 1 is 0.844 bits per heavy atom. The van der Waals surface area contributed by atoms with Crippen LogP contribution in [0.3, 0.4) is 0 Å². The zero-order chi connectivity index (χ0) is 22.5. The van der Waals surface area contributed by atoms with Crippen molar-refractivity contribution in [2.24, 2.45) is 5.92 Å². The molecule has 0 aliphatic carbocycles. The number of halogens is 3. The summed E-state index contributed by atoms with van der Waals surface area (Å²) in [6, 6.07) is 16.0. The van der Waals surface area contributed by atoms with E-state index in [-0.39, 0.29) is 5.69 Å². The van der Waals surface area contributed by atoms with Crippen molar-refractivity contribution in [3.8, 4) is 0 Å². The summed E-state index contributed by atoms with van der Waals surface area (Å²) in [7, 11) is 0. The predicted molar refractivity (Wildman–Crippen MR) is 108 cm³/mol. The van der Waals surface area contributed by atoms with Crippen LogP contribution in [0, 0.1) is 5.92 Å². The molecule has 1 aromatic heterocycles. The second kappa shape index (κ2) is 7.45. The van der Waals surface area contributed by atoms with E-state index in [1.54, 1.807) is 48.8 Å². The van der Waals surface area contributed by atoms with Gasteiger partial charge in [0.2, 0.25) is 5.91 Å². The number of para-hydroxylation sites is 1. The van der Waals surface area contributed by atoms with E-state index in [0.717, 1.165) is 17.0 Å². The van der Waals surface area contributed by atoms with Gasteiger partial charge in [0, 0.05) is 12.4 Å². The molecule has 0 saturated carbocycles. The van der Waals surface area contributed by atoms with Crippen molar-refractivity contribution in [3.05, 3.63) is 90.3 Å². The molecule has 2 aliphatic heterocycles. The molecule has 0 radical (unpaired) electrons. The molecule has 5 rings (SSSR count). The second-order valence-corrected chi connectivity index (χ2v) is 7.50. The molecule has 9 heteroatoms. The van der Waals surface area contributed by atoms with Crippen LogP contribution in [0.15, 0.2) is 79.1 Å². The standard InChI is InChI=1S/C23H16F3N3O3/c24-23(25,26)15-5-4-8-17(13-15)28-21(30)18-19(14-9-11-27-12-10-14)29(32-20(18)22(28)31)16-6-2-1-3-7-16/h1-13,18-20H/t18-,19-,20-/m0/s1. The highest BCUT2D eigenvalue weighted by atomic mass is 19.4. The number of carbonyl (C=O) groups excluding carboxylic acids is 2. The van der Waals surface area contributed by atoms with Crippen LogP contribution in [0.5, 0.6) is 0 Å². The number of hydrogen-bond donors (Lipinski definition) is 0. The highest BCUT2D eigenvalue weighted by molar-refractivity contribution is 6.24. The van der Waals surface area contributed by atoms with E-state index in [1.807, 2.05) is 6.07 Å². The Balaban J connectivity index is 1.56. The monoisotopic (exact) mass is 439 g/mol. The number of amides is 2. The number of nitrogens with zero attached hydrogens (tertiary/aromatic N) is 3. The van der Waals surface area contributed by atoms with E-state index in [2.05, 4.69) is 4.98 Å². The van der Waals surface area contributed by atoms with Crippen molar-refractivity contribution in [1.82, 2.24) is 4.98 Å². The average Bonchev–Trinajstić information content (AvgIpc) is 3.30. The van der Waals surface area contributed by atoms with Gasteiger partial charge in [-0.2, -0.15) is 13.2 Å². The summed E-state index contributed by atoms with van der Waals surface area (Å²) in [4.78, 5) is 37.3. The summed E-state index contributed by atoms with van der Waals surface area (Å²) >= 11 is 0. The van der Waals surface area contributed by atoms with Crippen LogP contribution >= 0.6 is 0 Å². The van der Waals surface area contributed by atoms with Crippen molar-refractivity contribution in [3.63, 3.8) is 0 Å². The van der Waals surface area contributed by atoms with Crippen molar-refractivity contribution in [2.75, 3.05) is 9.96 Å². The lowest BCUT2D eigenvalue weighted by Crippen LogP contribution is -2.37. The summed E-state index contributed by atoms with van der Waals surface area (Å²) < 4.78 is 39.5. The van der Waals surface area contributed by atoms with Crippen LogP contribution in [-0.4, -0.2) is 22.9 Å². The molecule has 32 heavy (non-hydrogen) atoms. The first-order chi connectivity index (χ1) is 15.4. The van der Waals surface area contributed by atoms with Gasteiger partial charge in [0.05, 0.1) is 23.0 Å². The minimum atomic E-state index is -4.60. The van der Waals surface area contributed by atoms with E-state index < -0.39 is 41.6 Å². The lowest BCUT2D eigenvalue weighted by Gasteiger charge is -2.28. The summed E-state index contributed by atoms with van der Waals surface area (Å²) in [5, 5.41) is 1.52. The fourth-order valence-electron chi connectivity index (χ4n) is 4.19. The molecule has 0 spiro atoms. The molecule has 0 unspecified atom stereocenters. The maximum Gasteiger partial charge on any atom is 0.416 e. The summed E-state index contributed by atoms with van der Waals surface area (Å²) in [5.41, 5.74) is 0.274. The van der Waals surface area contributed by atoms with E-state index in [0.29, 0.717) is 11.3 Å². The summed E-state index contributed by atoms with van der Waals surface area (Å²) in [5.74, 6) is -2.24. The number of fused-ring (bicyclic) bond motifs is 1. The van der Waals surface area contributed by atoms with E-state index in [4.69, 9.17) is 4.84 Å². The maximum atomic E-state index is 13.4. The third kappa shape index (κ3) is 3.21. The highest BCUT2D eigenvalue weighted by Crippen LogP contribution is 2.47. The van der Waals surface area contributed by atoms with E-state index in [9.17, 15) is 22.8 Å². The van der Waals surface area contributed by atoms with Crippen LogP contribution in [-0.2, 0) is 20.6 Å². The van der Waals surface area contributed by atoms with Crippen LogP contribution in [0.2, 0.25) is 0 Å². The number of imide groups is 1. The fraction of sp³-hybridized carbons (Fsp3) is 0.174. The molecule has 6 nitrogen and oxygen atoms in total. The van der Waals surface area contributed by atoms with Gasteiger partial charge in [-0.3, -0.25) is 19.4 Å². The molecule has 0 N–H and O–H groups in total. The predicted octanol–water partition coefficient (Wildman–Crippen LogP) is 4.15. The Bertz CT molecular complexity index is 1170. The Kier molecular flexibility index (Phi) is 4.70. The molecule has 2 aliphatic rings. The highest BCUT2D eigenvalue weighted by Gasteiger charge is 2.60. The number of rotatable bonds is 3. The minimum Gasteiger partial charge on any atom is -0.273 e. The number of carbonyl (C=O) groups is 2. The van der Waals surface area contributed by atoms with Gasteiger partial charge in [-0.1, -0.05) is 24.3 Å². The van der Waals surface area contributed by atoms with Crippen molar-refractivity contribution in [1.29, 1.82) is 0 Å². The van der Waals surface area contributed by atoms with Crippen LogP contribution in [0.4, 0.5) is 24.5 Å². The Hall–Kier alpha value is -3.72. The first-order valence-electron chi connectivity index (χ1n) is 9.82. The Morgan fingerprint density at radius 3 is 2.22 bits per heavy atom. The number of aromatic nitrogens is 1. The zero-order valence-electron chi connectivity index (χ0n) is 16.4. The number of pyridine rings is 1. The maximum absolute atomic E-state index is 13.4. The first kappa shape index (κ1) is 20.2. The molecule has 2 saturated heterocycles. The average molecular weight is 439 g/mol. The lowest BCUT2D eigenvalue weighted by molar-refractivity contribution is -0.137. The van der Waals surface area contributed by atoms with Crippen molar-refractivity contribution < 1.29 is 27.6 Å². The number of hydroxylamine groups is 1. The second-order valence-electron chi connectivity index (χ2n) is 7.50. The largest absolute Gasteiger partial charge is 0.416 e. The van der Waals surface area contributed by atoms with Gasteiger partial charge in [0.25, 0.3) is 5.91 Å². The van der Waals surface area contributed by atoms with Gasteiger partial charge in [-0.15, -0.1) is 0 Å². The van der Waals surface area contributed by atoms with Gasteiger partial charge >= 0.3 is 6.18 Å². The molecular formula is C23H16F3N3O3. The first-order valence-corrected chi connectivity index (χ1v) is 9.82. The summed E-state index contributed by atoms with van der Waals surface area (Å²) in [6.45, 7) is 0. The van der Waals surface area contributed by atoms with Crippen molar-refractivity contribution in [2.45, 2.75) is 18.3 Å². The topological polar surface area (TPSA) is 62.7 Å². The molecule has 2 aromatic carbocycles. The van der Waals surface area contributed by atoms with Crippen LogP contribution in [0.25, 0.3) is 0 Å². The smallest absolute Gasteiger partial charge is 0.273 e. The Labute approximate surface area is 180 Å². The normalized spacial score (nSPS) is 23.0. The molecule has 3 aromatic rings. The number of benzene rings is 2. The number of hydrogen-bond acceptors (Lipinski definition) is 5. The molecule has 2 fully saturated rings. The van der Waals surface area contributed by atoms with Crippen molar-refractivity contribution >= 4 is 23.2 Å². The quantitative estimate of drug-likeness (QED) is 0.574. The van der Waals surface area contributed by atoms with E-state index in [1.165, 1.54) is 17.2 Å². The molecule has 3 heterocycles. The van der Waals surface area contributed by atoms with Gasteiger partial charge < -0.3 is 0 Å². The Morgan fingerprint density at radius 2 is 1.53 bits per heavy atom. The van der Waals surface area contributed by atoms with Gasteiger partial charge in [-0.05, 0) is 48.0 Å². The fourth-order valence-corrected chi connectivity index (χ4v) is 4.19. The third-order valence-corrected chi connectivity index (χ3v) is 5.61. The zero-order valence-corrected chi connectivity index (χ0v) is 16.4. The molecular weight excluding hydrogens is 423 g/mol. The lowest BCUT2D eigenvalue weighted by atomic mass is 9.91. The molecule has 3 atom stereocenters. The SMILES string of the molecule is O=C1[C@@H]2[C@H](ON(c3ccccc3)[C@H]2c2ccncc2)C(=O)N1c1cccc(C(F)(F)F)c1. The molecule has 2 amide bonds. The van der Waals surface area contributed by atoms with E-state index >= 15 is 0 Å². The van der Waals surface area contributed by atoms with Gasteiger partial charge in [-0.25, -0.2) is 9.96 Å². The molecule has 162 valence electrons. The van der Waals surface area contributed by atoms with Crippen LogP contribution < -0.4 is 9.96 Å².